The van der Waals surface area contributed by atoms with E-state index >= 15 is 0 Å². The van der Waals surface area contributed by atoms with Crippen LogP contribution in [0.1, 0.15) is 25.6 Å². The fourth-order valence-corrected chi connectivity index (χ4v) is 1.75. The third kappa shape index (κ3) is 2.48. The van der Waals surface area contributed by atoms with E-state index in [1.807, 2.05) is 30.5 Å². The molecule has 0 fully saturated rings. The second kappa shape index (κ2) is 4.85. The molecule has 5 heteroatoms. The number of para-hydroxylation sites is 1. The molecule has 2 rings (SSSR count). The van der Waals surface area contributed by atoms with Gasteiger partial charge in [0, 0.05) is 0 Å². The smallest absolute Gasteiger partial charge is 0.100 e. The minimum absolute atomic E-state index is 0.105. The van der Waals surface area contributed by atoms with E-state index in [1.165, 1.54) is 0 Å². The predicted molar refractivity (Wildman–Crippen MR) is 68.1 cm³/mol. The lowest BCUT2D eigenvalue weighted by Gasteiger charge is -2.11. The van der Waals surface area contributed by atoms with Gasteiger partial charge in [0.05, 0.1) is 22.9 Å². The van der Waals surface area contributed by atoms with Crippen LogP contribution in [-0.2, 0) is 0 Å². The lowest BCUT2D eigenvalue weighted by molar-refractivity contribution is 0.502. The van der Waals surface area contributed by atoms with Gasteiger partial charge in [-0.2, -0.15) is 0 Å². The number of rotatable bonds is 3. The SMILES string of the molecule is CC(C)C(N)c1cn(-c2ccccc2Cl)nn1. The Morgan fingerprint density at radius 2 is 2.00 bits per heavy atom. The van der Waals surface area contributed by atoms with Gasteiger partial charge in [-0.25, -0.2) is 4.68 Å². The van der Waals surface area contributed by atoms with Crippen LogP contribution in [0.3, 0.4) is 0 Å². The third-order valence-electron chi connectivity index (χ3n) is 2.67. The van der Waals surface area contributed by atoms with Crippen molar-refractivity contribution < 1.29 is 0 Å². The van der Waals surface area contributed by atoms with Crippen molar-refractivity contribution in [3.63, 3.8) is 0 Å². The summed E-state index contributed by atoms with van der Waals surface area (Å²) in [5.74, 6) is 0.325. The highest BCUT2D eigenvalue weighted by atomic mass is 35.5. The lowest BCUT2D eigenvalue weighted by atomic mass is 10.0. The van der Waals surface area contributed by atoms with Crippen molar-refractivity contribution in [2.24, 2.45) is 11.7 Å². The normalized spacial score (nSPS) is 13.0. The van der Waals surface area contributed by atoms with E-state index in [0.29, 0.717) is 10.9 Å². The Labute approximate surface area is 105 Å². The molecule has 0 saturated carbocycles. The highest BCUT2D eigenvalue weighted by Gasteiger charge is 2.15. The van der Waals surface area contributed by atoms with Gasteiger partial charge in [0.15, 0.2) is 0 Å². The number of hydrogen-bond donors (Lipinski definition) is 1. The molecule has 90 valence electrons. The molecule has 2 aromatic rings. The first-order valence-corrected chi connectivity index (χ1v) is 5.90. The quantitative estimate of drug-likeness (QED) is 0.911. The number of nitrogens with two attached hydrogens (primary N) is 1. The van der Waals surface area contributed by atoms with Gasteiger partial charge in [0.1, 0.15) is 5.69 Å². The largest absolute Gasteiger partial charge is 0.322 e. The first kappa shape index (κ1) is 12.1. The highest BCUT2D eigenvalue weighted by molar-refractivity contribution is 6.32. The third-order valence-corrected chi connectivity index (χ3v) is 2.99. The van der Waals surface area contributed by atoms with Gasteiger partial charge in [-0.3, -0.25) is 0 Å². The summed E-state index contributed by atoms with van der Waals surface area (Å²) in [5.41, 5.74) is 7.61. The predicted octanol–water partition coefficient (Wildman–Crippen LogP) is 2.58. The zero-order valence-electron chi connectivity index (χ0n) is 9.84. The van der Waals surface area contributed by atoms with E-state index in [9.17, 15) is 0 Å². The molecule has 0 saturated heterocycles. The summed E-state index contributed by atoms with van der Waals surface area (Å²) in [4.78, 5) is 0. The number of hydrogen-bond acceptors (Lipinski definition) is 3. The molecular formula is C12H15ClN4. The summed E-state index contributed by atoms with van der Waals surface area (Å²) in [6.45, 7) is 4.11. The van der Waals surface area contributed by atoms with Crippen molar-refractivity contribution in [1.82, 2.24) is 15.0 Å². The topological polar surface area (TPSA) is 56.7 Å². The van der Waals surface area contributed by atoms with Crippen molar-refractivity contribution >= 4 is 11.6 Å². The van der Waals surface area contributed by atoms with Crippen molar-refractivity contribution in [3.05, 3.63) is 41.2 Å². The van der Waals surface area contributed by atoms with Crippen molar-refractivity contribution in [2.45, 2.75) is 19.9 Å². The van der Waals surface area contributed by atoms with Crippen molar-refractivity contribution in [2.75, 3.05) is 0 Å². The Hall–Kier alpha value is -1.39. The Morgan fingerprint density at radius 3 is 2.65 bits per heavy atom. The van der Waals surface area contributed by atoms with Crippen LogP contribution in [0.4, 0.5) is 0 Å². The fourth-order valence-electron chi connectivity index (χ4n) is 1.53. The van der Waals surface area contributed by atoms with Crippen LogP contribution in [0.25, 0.3) is 5.69 Å². The molecule has 0 aliphatic rings. The van der Waals surface area contributed by atoms with Gasteiger partial charge in [0.2, 0.25) is 0 Å². The lowest BCUT2D eigenvalue weighted by Crippen LogP contribution is -2.17. The summed E-state index contributed by atoms with van der Waals surface area (Å²) in [5, 5.41) is 8.78. The maximum absolute atomic E-state index is 6.09. The molecule has 0 bridgehead atoms. The van der Waals surface area contributed by atoms with E-state index in [0.717, 1.165) is 11.4 Å². The zero-order valence-corrected chi connectivity index (χ0v) is 10.6. The standard InChI is InChI=1S/C12H15ClN4/c1-8(2)12(14)10-7-17(16-15-10)11-6-4-3-5-9(11)13/h3-8,12H,14H2,1-2H3. The maximum atomic E-state index is 6.09. The van der Waals surface area contributed by atoms with Crippen molar-refractivity contribution in [1.29, 1.82) is 0 Å². The first-order chi connectivity index (χ1) is 8.09. The second-order valence-electron chi connectivity index (χ2n) is 4.31. The highest BCUT2D eigenvalue weighted by Crippen LogP contribution is 2.21. The Kier molecular flexibility index (Phi) is 3.45. The van der Waals surface area contributed by atoms with Gasteiger partial charge in [-0.15, -0.1) is 5.10 Å². The van der Waals surface area contributed by atoms with E-state index in [-0.39, 0.29) is 6.04 Å². The molecule has 0 amide bonds. The van der Waals surface area contributed by atoms with Crippen LogP contribution in [0.2, 0.25) is 5.02 Å². The van der Waals surface area contributed by atoms with Gasteiger partial charge in [-0.1, -0.05) is 42.8 Å². The van der Waals surface area contributed by atoms with Gasteiger partial charge in [0.25, 0.3) is 0 Å². The molecule has 0 radical (unpaired) electrons. The number of nitrogens with zero attached hydrogens (tertiary/aromatic N) is 3. The molecular weight excluding hydrogens is 236 g/mol. The molecule has 1 aromatic heterocycles. The molecule has 0 spiro atoms. The monoisotopic (exact) mass is 250 g/mol. The molecule has 1 heterocycles. The number of aromatic nitrogens is 3. The molecule has 17 heavy (non-hydrogen) atoms. The van der Waals surface area contributed by atoms with Crippen LogP contribution in [0, 0.1) is 5.92 Å². The molecule has 1 atom stereocenters. The first-order valence-electron chi connectivity index (χ1n) is 5.52. The van der Waals surface area contributed by atoms with E-state index in [1.54, 1.807) is 4.68 Å². The number of benzene rings is 1. The molecule has 1 unspecified atom stereocenters. The van der Waals surface area contributed by atoms with Crippen molar-refractivity contribution in [3.8, 4) is 5.69 Å². The number of halogens is 1. The summed E-state index contributed by atoms with van der Waals surface area (Å²) in [6.07, 6.45) is 1.83. The van der Waals surface area contributed by atoms with Crippen LogP contribution >= 0.6 is 11.6 Å². The van der Waals surface area contributed by atoms with E-state index < -0.39 is 0 Å². The molecule has 1 aromatic carbocycles. The summed E-state index contributed by atoms with van der Waals surface area (Å²) >= 11 is 6.09. The summed E-state index contributed by atoms with van der Waals surface area (Å²) in [7, 11) is 0. The van der Waals surface area contributed by atoms with E-state index in [2.05, 4.69) is 24.2 Å². The Bertz CT molecular complexity index is 507. The average Bonchev–Trinajstić information content (AvgIpc) is 2.77. The average molecular weight is 251 g/mol. The van der Waals surface area contributed by atoms with Crippen LogP contribution in [0.15, 0.2) is 30.5 Å². The molecule has 0 aliphatic carbocycles. The van der Waals surface area contributed by atoms with Gasteiger partial charge in [-0.05, 0) is 18.1 Å². The molecule has 2 N–H and O–H groups in total. The fraction of sp³-hybridized carbons (Fsp3) is 0.333. The van der Waals surface area contributed by atoms with Crippen LogP contribution in [-0.4, -0.2) is 15.0 Å². The summed E-state index contributed by atoms with van der Waals surface area (Å²) < 4.78 is 1.65. The molecule has 0 aliphatic heterocycles. The minimum Gasteiger partial charge on any atom is -0.322 e. The van der Waals surface area contributed by atoms with Gasteiger partial charge >= 0.3 is 0 Å². The van der Waals surface area contributed by atoms with Gasteiger partial charge < -0.3 is 5.73 Å². The minimum atomic E-state index is -0.105. The Balaban J connectivity index is 2.34. The van der Waals surface area contributed by atoms with Crippen LogP contribution in [0.5, 0.6) is 0 Å². The van der Waals surface area contributed by atoms with Crippen LogP contribution < -0.4 is 5.73 Å². The summed E-state index contributed by atoms with van der Waals surface area (Å²) in [6, 6.07) is 7.39. The molecule has 4 nitrogen and oxygen atoms in total. The van der Waals surface area contributed by atoms with E-state index in [4.69, 9.17) is 17.3 Å². The Morgan fingerprint density at radius 1 is 1.29 bits per heavy atom. The zero-order chi connectivity index (χ0) is 12.4. The second-order valence-corrected chi connectivity index (χ2v) is 4.72. The maximum Gasteiger partial charge on any atom is 0.100 e.